The van der Waals surface area contributed by atoms with Gasteiger partial charge < -0.3 is 5.11 Å². The van der Waals surface area contributed by atoms with Crippen molar-refractivity contribution < 1.29 is 5.11 Å². The van der Waals surface area contributed by atoms with Gasteiger partial charge in [0.25, 0.3) is 0 Å². The molecule has 2 aliphatic rings. The average Bonchev–Trinajstić information content (AvgIpc) is 1.73. The Morgan fingerprint density at radius 2 is 2.33 bits per heavy atom. The quantitative estimate of drug-likeness (QED) is 0.483. The molecule has 0 heterocycles. The second-order valence-corrected chi connectivity index (χ2v) is 3.25. The summed E-state index contributed by atoms with van der Waals surface area (Å²) in [5.74, 6) is 1.35. The van der Waals surface area contributed by atoms with E-state index in [0.29, 0.717) is 5.92 Å². The van der Waals surface area contributed by atoms with Crippen molar-refractivity contribution in [1.29, 1.82) is 0 Å². The van der Waals surface area contributed by atoms with E-state index in [0.717, 1.165) is 5.92 Å². The number of hydrogen-bond donors (Lipinski definition) is 1. The highest BCUT2D eigenvalue weighted by molar-refractivity contribution is 5.20. The van der Waals surface area contributed by atoms with Gasteiger partial charge in [-0.1, -0.05) is 11.6 Å². The molecule has 9 heavy (non-hydrogen) atoms. The fraction of sp³-hybridized carbons (Fsp3) is 0.750. The Morgan fingerprint density at radius 3 is 2.56 bits per heavy atom. The third kappa shape index (κ3) is 0.584. The zero-order chi connectivity index (χ0) is 6.43. The lowest BCUT2D eigenvalue weighted by Gasteiger charge is -2.33. The Hall–Kier alpha value is -0.300. The van der Waals surface area contributed by atoms with Crippen LogP contribution >= 0.6 is 0 Å². The zero-order valence-electron chi connectivity index (χ0n) is 5.67. The first-order valence-electron chi connectivity index (χ1n) is 3.65. The SMILES string of the molecule is CC1=C[C@H](O)[C@H]2CC[C@@H]12. The number of aliphatic hydroxyl groups is 1. The summed E-state index contributed by atoms with van der Waals surface area (Å²) in [6.07, 6.45) is 4.45. The van der Waals surface area contributed by atoms with Crippen LogP contribution in [0, 0.1) is 11.8 Å². The largest absolute Gasteiger partial charge is 0.389 e. The lowest BCUT2D eigenvalue weighted by atomic mass is 9.73. The van der Waals surface area contributed by atoms with Crippen molar-refractivity contribution in [2.24, 2.45) is 11.8 Å². The van der Waals surface area contributed by atoms with Crippen molar-refractivity contribution in [3.05, 3.63) is 11.6 Å². The molecular weight excluding hydrogens is 112 g/mol. The highest BCUT2D eigenvalue weighted by Gasteiger charge is 2.40. The third-order valence-electron chi connectivity index (χ3n) is 2.79. The first-order valence-corrected chi connectivity index (χ1v) is 3.65. The van der Waals surface area contributed by atoms with E-state index in [1.807, 2.05) is 6.08 Å². The molecule has 2 rings (SSSR count). The van der Waals surface area contributed by atoms with E-state index in [1.54, 1.807) is 0 Å². The molecule has 0 bridgehead atoms. The van der Waals surface area contributed by atoms with Crippen molar-refractivity contribution in [2.75, 3.05) is 0 Å². The molecule has 2 aliphatic carbocycles. The van der Waals surface area contributed by atoms with E-state index in [9.17, 15) is 5.11 Å². The van der Waals surface area contributed by atoms with Crippen molar-refractivity contribution in [2.45, 2.75) is 25.9 Å². The van der Waals surface area contributed by atoms with E-state index in [2.05, 4.69) is 6.92 Å². The molecule has 1 fully saturated rings. The standard InChI is InChI=1S/C8H12O/c1-5-4-8(9)7-3-2-6(5)7/h4,6-9H,2-3H2,1H3/t6-,7-,8-/m0/s1. The minimum absolute atomic E-state index is 0.108. The number of rotatable bonds is 0. The van der Waals surface area contributed by atoms with Crippen LogP contribution in [0.4, 0.5) is 0 Å². The number of fused-ring (bicyclic) bond motifs is 1. The van der Waals surface area contributed by atoms with Gasteiger partial charge in [-0.2, -0.15) is 0 Å². The van der Waals surface area contributed by atoms with Crippen LogP contribution in [-0.2, 0) is 0 Å². The molecule has 0 unspecified atom stereocenters. The molecule has 1 heteroatoms. The molecular formula is C8H12O. The van der Waals surface area contributed by atoms with Crippen LogP contribution in [0.25, 0.3) is 0 Å². The van der Waals surface area contributed by atoms with Crippen LogP contribution in [0.15, 0.2) is 11.6 Å². The van der Waals surface area contributed by atoms with Crippen LogP contribution in [0.3, 0.4) is 0 Å². The molecule has 1 N–H and O–H groups in total. The predicted molar refractivity (Wildman–Crippen MR) is 36.0 cm³/mol. The van der Waals surface area contributed by atoms with Crippen LogP contribution in [-0.4, -0.2) is 11.2 Å². The molecule has 3 atom stereocenters. The molecule has 0 aromatic carbocycles. The van der Waals surface area contributed by atoms with Gasteiger partial charge in [-0.3, -0.25) is 0 Å². The Labute approximate surface area is 55.4 Å². The van der Waals surface area contributed by atoms with Crippen molar-refractivity contribution in [1.82, 2.24) is 0 Å². The second kappa shape index (κ2) is 1.60. The minimum atomic E-state index is -0.108. The van der Waals surface area contributed by atoms with Crippen LogP contribution in [0.2, 0.25) is 0 Å². The number of hydrogen-bond acceptors (Lipinski definition) is 1. The van der Waals surface area contributed by atoms with Crippen molar-refractivity contribution >= 4 is 0 Å². The fourth-order valence-corrected chi connectivity index (χ4v) is 2.02. The maximum Gasteiger partial charge on any atom is 0.0757 e. The highest BCUT2D eigenvalue weighted by Crippen LogP contribution is 2.46. The number of allylic oxidation sites excluding steroid dienone is 1. The molecule has 1 nitrogen and oxygen atoms in total. The normalized spacial score (nSPS) is 47.8. The molecule has 0 aromatic rings. The maximum absolute atomic E-state index is 9.31. The molecule has 1 saturated carbocycles. The van der Waals surface area contributed by atoms with Crippen LogP contribution < -0.4 is 0 Å². The average molecular weight is 124 g/mol. The molecule has 0 saturated heterocycles. The Balaban J connectivity index is 2.20. The van der Waals surface area contributed by atoms with E-state index >= 15 is 0 Å². The van der Waals surface area contributed by atoms with Gasteiger partial charge in [-0.05, 0) is 31.6 Å². The van der Waals surface area contributed by atoms with Gasteiger partial charge in [-0.15, -0.1) is 0 Å². The van der Waals surface area contributed by atoms with E-state index in [-0.39, 0.29) is 6.10 Å². The zero-order valence-corrected chi connectivity index (χ0v) is 5.67. The smallest absolute Gasteiger partial charge is 0.0757 e. The van der Waals surface area contributed by atoms with Gasteiger partial charge in [-0.25, -0.2) is 0 Å². The topological polar surface area (TPSA) is 20.2 Å². The Morgan fingerprint density at radius 1 is 1.56 bits per heavy atom. The van der Waals surface area contributed by atoms with Crippen LogP contribution in [0.1, 0.15) is 19.8 Å². The van der Waals surface area contributed by atoms with Crippen molar-refractivity contribution in [3.63, 3.8) is 0 Å². The fourth-order valence-electron chi connectivity index (χ4n) is 2.02. The van der Waals surface area contributed by atoms with Gasteiger partial charge in [0.05, 0.1) is 6.10 Å². The van der Waals surface area contributed by atoms with Crippen LogP contribution in [0.5, 0.6) is 0 Å². The molecule has 0 radical (unpaired) electrons. The molecule has 0 amide bonds. The molecule has 0 aromatic heterocycles. The molecule has 0 spiro atoms. The maximum atomic E-state index is 9.31. The summed E-state index contributed by atoms with van der Waals surface area (Å²) in [5, 5.41) is 9.31. The van der Waals surface area contributed by atoms with Crippen molar-refractivity contribution in [3.8, 4) is 0 Å². The first kappa shape index (κ1) is 5.48. The predicted octanol–water partition coefficient (Wildman–Crippen LogP) is 1.33. The molecule has 0 aliphatic heterocycles. The lowest BCUT2D eigenvalue weighted by Crippen LogP contribution is -2.29. The van der Waals surface area contributed by atoms with E-state index in [4.69, 9.17) is 0 Å². The first-order chi connectivity index (χ1) is 4.29. The summed E-state index contributed by atoms with van der Waals surface area (Å²) < 4.78 is 0. The summed E-state index contributed by atoms with van der Waals surface area (Å²) in [7, 11) is 0. The summed E-state index contributed by atoms with van der Waals surface area (Å²) in [5.41, 5.74) is 1.42. The minimum Gasteiger partial charge on any atom is -0.389 e. The highest BCUT2D eigenvalue weighted by atomic mass is 16.3. The van der Waals surface area contributed by atoms with Gasteiger partial charge in [0.1, 0.15) is 0 Å². The Bertz CT molecular complexity index is 160. The summed E-state index contributed by atoms with van der Waals surface area (Å²) >= 11 is 0. The van der Waals surface area contributed by atoms with Gasteiger partial charge in [0.15, 0.2) is 0 Å². The van der Waals surface area contributed by atoms with Gasteiger partial charge >= 0.3 is 0 Å². The monoisotopic (exact) mass is 124 g/mol. The number of aliphatic hydroxyl groups excluding tert-OH is 1. The third-order valence-corrected chi connectivity index (χ3v) is 2.79. The summed E-state index contributed by atoms with van der Waals surface area (Å²) in [4.78, 5) is 0. The lowest BCUT2D eigenvalue weighted by molar-refractivity contribution is 0.0812. The van der Waals surface area contributed by atoms with Gasteiger partial charge in [0, 0.05) is 0 Å². The van der Waals surface area contributed by atoms with Gasteiger partial charge in [0.2, 0.25) is 0 Å². The van der Waals surface area contributed by atoms with E-state index in [1.165, 1.54) is 18.4 Å². The molecule has 50 valence electrons. The summed E-state index contributed by atoms with van der Waals surface area (Å²) in [6.45, 7) is 2.13. The Kier molecular flexibility index (Phi) is 0.974. The summed E-state index contributed by atoms with van der Waals surface area (Å²) in [6, 6.07) is 0. The second-order valence-electron chi connectivity index (χ2n) is 3.25. The van der Waals surface area contributed by atoms with E-state index < -0.39 is 0 Å².